The summed E-state index contributed by atoms with van der Waals surface area (Å²) in [6.07, 6.45) is 3.60. The Balaban J connectivity index is 1.27. The molecule has 1 spiro atoms. The van der Waals surface area contributed by atoms with Crippen LogP contribution in [0, 0.1) is 11.8 Å². The molecule has 0 radical (unpaired) electrons. The molecule has 2 aliphatic heterocycles. The molecule has 7 rings (SSSR count). The van der Waals surface area contributed by atoms with Gasteiger partial charge in [-0.05, 0) is 96.8 Å². The Labute approximate surface area is 311 Å². The highest BCUT2D eigenvalue weighted by molar-refractivity contribution is 7.89. The number of aliphatic hydroxyl groups is 1. The molecule has 3 aliphatic rings. The van der Waals surface area contributed by atoms with Crippen molar-refractivity contribution in [1.82, 2.24) is 4.31 Å². The Morgan fingerprint density at radius 3 is 2.21 bits per heavy atom. The highest BCUT2D eigenvalue weighted by atomic mass is 35.5. The largest absolute Gasteiger partial charge is 0.497 e. The molecule has 1 saturated carbocycles. The van der Waals surface area contributed by atoms with Crippen LogP contribution in [0.2, 0.25) is 5.02 Å². The van der Waals surface area contributed by atoms with Gasteiger partial charge in [-0.1, -0.05) is 48.0 Å². The normalized spacial score (nSPS) is 21.5. The third-order valence-electron chi connectivity index (χ3n) is 10.9. The van der Waals surface area contributed by atoms with Crippen LogP contribution in [-0.2, 0) is 28.5 Å². The Morgan fingerprint density at radius 2 is 1.62 bits per heavy atom. The molecule has 1 aliphatic carbocycles. The number of benzene rings is 4. The van der Waals surface area contributed by atoms with E-state index in [0.717, 1.165) is 41.7 Å². The van der Waals surface area contributed by atoms with Gasteiger partial charge in [0.05, 0.1) is 49.5 Å². The molecule has 0 amide bonds. The molecule has 2 heterocycles. The van der Waals surface area contributed by atoms with Gasteiger partial charge >= 0.3 is 0 Å². The minimum atomic E-state index is -4.03. The maximum absolute atomic E-state index is 14.8. The van der Waals surface area contributed by atoms with Crippen molar-refractivity contribution in [3.05, 3.63) is 119 Å². The molecule has 4 aromatic carbocycles. The van der Waals surface area contributed by atoms with Gasteiger partial charge in [-0.2, -0.15) is 4.31 Å². The van der Waals surface area contributed by atoms with Crippen LogP contribution in [0.15, 0.2) is 102 Å². The summed E-state index contributed by atoms with van der Waals surface area (Å²) in [5.74, 6) is 3.03. The molecular weight excluding hydrogens is 700 g/mol. The zero-order chi connectivity index (χ0) is 36.5. The summed E-state index contributed by atoms with van der Waals surface area (Å²) in [6.45, 7) is 6.25. The lowest BCUT2D eigenvalue weighted by atomic mass is 9.70. The molecule has 9 nitrogen and oxygen atoms in total. The lowest BCUT2D eigenvalue weighted by Gasteiger charge is -2.45. The minimum absolute atomic E-state index is 0.0817. The number of aliphatic hydroxyl groups excluding tert-OH is 1. The maximum atomic E-state index is 14.8. The Hall–Kier alpha value is -4.22. The van der Waals surface area contributed by atoms with Gasteiger partial charge in [-0.15, -0.1) is 6.58 Å². The molecule has 1 fully saturated rings. The molecule has 1 N–H and O–H groups in total. The smallest absolute Gasteiger partial charge is 0.243 e. The number of ether oxygens (including phenoxy) is 4. The van der Waals surface area contributed by atoms with Crippen molar-refractivity contribution in [3.63, 3.8) is 0 Å². The molecule has 4 atom stereocenters. The summed E-state index contributed by atoms with van der Waals surface area (Å²) in [6, 6.07) is 25.8. The standard InChI is InChI=1S/C41H45ClN2O7S/c1-4-38(45)35-16-9-30(35)25-43-26-41(19-20-50-40-21-31(42)10-17-36(40)41)27-51-39-18-15-34(22-37(39)43)52(46,47)44(23-28-5-11-32(48-2)12-6-28)24-29-7-13-33(49-3)14-8-29/h4-8,10-15,17-18,21-22,30,35,38,45H,1,9,16,19-20,23-27H2,2-3H3/t30-,35+,38-,41-/m0/s1. The van der Waals surface area contributed by atoms with Gasteiger partial charge in [0, 0.05) is 36.8 Å². The zero-order valence-corrected chi connectivity index (χ0v) is 31.1. The fourth-order valence-electron chi connectivity index (χ4n) is 7.73. The number of anilines is 1. The number of hydrogen-bond donors (Lipinski definition) is 1. The van der Waals surface area contributed by atoms with Gasteiger partial charge in [0.1, 0.15) is 23.0 Å². The van der Waals surface area contributed by atoms with Crippen LogP contribution in [0.3, 0.4) is 0 Å². The number of halogens is 1. The van der Waals surface area contributed by atoms with Crippen molar-refractivity contribution in [2.75, 3.05) is 45.4 Å². The highest BCUT2D eigenvalue weighted by Gasteiger charge is 2.45. The average Bonchev–Trinajstić information content (AvgIpc) is 3.30. The van der Waals surface area contributed by atoms with Crippen molar-refractivity contribution in [1.29, 1.82) is 0 Å². The minimum Gasteiger partial charge on any atom is -0.497 e. The third kappa shape index (κ3) is 7.22. The summed E-state index contributed by atoms with van der Waals surface area (Å²) in [5, 5.41) is 11.4. The number of methoxy groups -OCH3 is 2. The quantitative estimate of drug-likeness (QED) is 0.152. The van der Waals surface area contributed by atoms with E-state index in [0.29, 0.717) is 54.3 Å². The first-order valence-corrected chi connectivity index (χ1v) is 19.5. The summed E-state index contributed by atoms with van der Waals surface area (Å²) >= 11 is 6.38. The van der Waals surface area contributed by atoms with E-state index in [1.165, 1.54) is 4.31 Å². The lowest BCUT2D eigenvalue weighted by Crippen LogP contribution is -2.50. The van der Waals surface area contributed by atoms with E-state index in [9.17, 15) is 13.5 Å². The topological polar surface area (TPSA) is 97.8 Å². The summed E-state index contributed by atoms with van der Waals surface area (Å²) in [4.78, 5) is 2.45. The van der Waals surface area contributed by atoms with E-state index >= 15 is 0 Å². The molecule has 11 heteroatoms. The Kier molecular flexibility index (Phi) is 10.4. The van der Waals surface area contributed by atoms with Crippen molar-refractivity contribution in [2.24, 2.45) is 11.8 Å². The van der Waals surface area contributed by atoms with Crippen LogP contribution in [0.25, 0.3) is 0 Å². The second-order valence-electron chi connectivity index (χ2n) is 14.0. The van der Waals surface area contributed by atoms with Crippen molar-refractivity contribution in [2.45, 2.75) is 48.8 Å². The molecule has 0 unspecified atom stereocenters. The number of nitrogens with zero attached hydrogens (tertiary/aromatic N) is 2. The van der Waals surface area contributed by atoms with E-state index in [1.807, 2.05) is 66.7 Å². The summed E-state index contributed by atoms with van der Waals surface area (Å²) < 4.78 is 54.4. The van der Waals surface area contributed by atoms with Gasteiger partial charge < -0.3 is 29.0 Å². The number of rotatable bonds is 12. The number of sulfonamides is 1. The van der Waals surface area contributed by atoms with E-state index in [-0.39, 0.29) is 29.8 Å². The molecule has 52 heavy (non-hydrogen) atoms. The van der Waals surface area contributed by atoms with Crippen molar-refractivity contribution < 1.29 is 32.5 Å². The Morgan fingerprint density at radius 1 is 0.942 bits per heavy atom. The zero-order valence-electron chi connectivity index (χ0n) is 29.5. The van der Waals surface area contributed by atoms with Gasteiger partial charge in [-0.25, -0.2) is 8.42 Å². The number of fused-ring (bicyclic) bond motifs is 3. The van der Waals surface area contributed by atoms with E-state index in [1.54, 1.807) is 38.5 Å². The van der Waals surface area contributed by atoms with Crippen molar-refractivity contribution in [3.8, 4) is 23.0 Å². The fourth-order valence-corrected chi connectivity index (χ4v) is 9.33. The predicted molar refractivity (Wildman–Crippen MR) is 202 cm³/mol. The van der Waals surface area contributed by atoms with E-state index < -0.39 is 21.5 Å². The van der Waals surface area contributed by atoms with E-state index in [4.69, 9.17) is 30.5 Å². The summed E-state index contributed by atoms with van der Waals surface area (Å²) in [7, 11) is -0.826. The Bertz CT molecular complexity index is 1960. The first-order valence-electron chi connectivity index (χ1n) is 17.6. The van der Waals surface area contributed by atoms with Gasteiger partial charge in [0.2, 0.25) is 10.0 Å². The first-order chi connectivity index (χ1) is 25.1. The monoisotopic (exact) mass is 744 g/mol. The third-order valence-corrected chi connectivity index (χ3v) is 12.9. The van der Waals surface area contributed by atoms with Crippen LogP contribution in [0.4, 0.5) is 5.69 Å². The molecule has 274 valence electrons. The molecule has 0 bridgehead atoms. The fraction of sp³-hybridized carbons (Fsp3) is 0.366. The van der Waals surface area contributed by atoms with Gasteiger partial charge in [-0.3, -0.25) is 0 Å². The SMILES string of the molecule is C=C[C@H](O)[C@@H]1CC[C@H]1CN1C[C@@]2(CCOc3cc(Cl)ccc32)COc2ccc(S(=O)(=O)N(Cc3ccc(OC)cc3)Cc3ccc(OC)cc3)cc21. The average molecular weight is 745 g/mol. The van der Waals surface area contributed by atoms with Gasteiger partial charge in [0.15, 0.2) is 0 Å². The van der Waals surface area contributed by atoms with Crippen molar-refractivity contribution >= 4 is 27.3 Å². The highest BCUT2D eigenvalue weighted by Crippen LogP contribution is 2.47. The number of hydrogen-bond acceptors (Lipinski definition) is 8. The van der Waals surface area contributed by atoms with Crippen LogP contribution in [0.5, 0.6) is 23.0 Å². The maximum Gasteiger partial charge on any atom is 0.243 e. The van der Waals surface area contributed by atoms with Crippen LogP contribution in [0.1, 0.15) is 36.0 Å². The molecule has 0 saturated heterocycles. The second-order valence-corrected chi connectivity index (χ2v) is 16.4. The second kappa shape index (κ2) is 15.0. The summed E-state index contributed by atoms with van der Waals surface area (Å²) in [5.41, 5.74) is 2.97. The van der Waals surface area contributed by atoms with E-state index in [2.05, 4.69) is 11.5 Å². The van der Waals surface area contributed by atoms with Crippen LogP contribution >= 0.6 is 11.6 Å². The predicted octanol–water partition coefficient (Wildman–Crippen LogP) is 7.24. The van der Waals surface area contributed by atoms with Crippen LogP contribution in [-0.4, -0.2) is 64.5 Å². The first kappa shape index (κ1) is 36.2. The molecular formula is C41H45ClN2O7S. The van der Waals surface area contributed by atoms with Gasteiger partial charge in [0.25, 0.3) is 0 Å². The van der Waals surface area contributed by atoms with Crippen LogP contribution < -0.4 is 23.8 Å². The molecule has 0 aromatic heterocycles. The lowest BCUT2D eigenvalue weighted by molar-refractivity contribution is 0.0458. The molecule has 4 aromatic rings.